The molecule has 0 bridgehead atoms. The maximum Gasteiger partial charge on any atom is 0.364 e. The molecule has 3 saturated heterocycles. The minimum atomic E-state index is -2.94. The first kappa shape index (κ1) is 60.5. The van der Waals surface area contributed by atoms with Crippen LogP contribution in [0.1, 0.15) is 87.7 Å². The summed E-state index contributed by atoms with van der Waals surface area (Å²) in [6.45, 7) is 1.99. The largest absolute Gasteiger partial charge is 0.477 e. The number of carboxylic acid groups (broad SMARTS) is 1. The SMILES string of the molecule is COC(=O)CCCCCCCCOC1OC(CO)C(OC2CC(CO)C(O)C(O[C@]3(C(=O)O)CC(O)C(C)C([C@H](O)[C@H](O)CO)O3)C2O)C(OC2OC(C)C(O)C(O)C2O)C1NC(=O)c1ccc2cccc(C)c2n1. The van der Waals surface area contributed by atoms with Crippen LogP contribution in [0.25, 0.3) is 10.9 Å². The van der Waals surface area contributed by atoms with Gasteiger partial charge in [-0.05, 0) is 44.7 Å². The van der Waals surface area contributed by atoms with Gasteiger partial charge in [-0.1, -0.05) is 56.9 Å². The highest BCUT2D eigenvalue weighted by Gasteiger charge is 2.60. The van der Waals surface area contributed by atoms with Crippen LogP contribution in [-0.2, 0) is 47.5 Å². The van der Waals surface area contributed by atoms with Crippen molar-refractivity contribution in [2.45, 2.75) is 195 Å². The highest BCUT2D eigenvalue weighted by molar-refractivity contribution is 5.95. The number of nitrogens with zero attached hydrogens (tertiary/aromatic N) is 1. The topological polar surface area (TPSA) is 393 Å². The van der Waals surface area contributed by atoms with Crippen molar-refractivity contribution in [2.24, 2.45) is 11.8 Å². The molecule has 0 radical (unpaired) electrons. The van der Waals surface area contributed by atoms with Crippen LogP contribution in [0.4, 0.5) is 0 Å². The van der Waals surface area contributed by atoms with Gasteiger partial charge in [0.25, 0.3) is 11.7 Å². The van der Waals surface area contributed by atoms with Crippen molar-refractivity contribution in [3.63, 3.8) is 0 Å². The number of fused-ring (bicyclic) bond motifs is 1. The van der Waals surface area contributed by atoms with Crippen molar-refractivity contribution in [2.75, 3.05) is 33.5 Å². The predicted molar refractivity (Wildman–Crippen MR) is 256 cm³/mol. The van der Waals surface area contributed by atoms with Crippen LogP contribution in [0.15, 0.2) is 30.3 Å². The zero-order valence-electron chi connectivity index (χ0n) is 42.4. The molecule has 13 N–H and O–H groups in total. The molecule has 18 unspecified atom stereocenters. The van der Waals surface area contributed by atoms with E-state index in [4.69, 9.17) is 37.9 Å². The number of rotatable bonds is 24. The Bertz CT molecular complexity index is 2160. The predicted octanol–water partition coefficient (Wildman–Crippen LogP) is -2.35. The van der Waals surface area contributed by atoms with Crippen molar-refractivity contribution in [3.8, 4) is 0 Å². The molecule has 3 aliphatic heterocycles. The maximum absolute atomic E-state index is 14.5. The fourth-order valence-electron chi connectivity index (χ4n) is 10.1. The molecule has 1 aliphatic carbocycles. The lowest BCUT2D eigenvalue weighted by atomic mass is 9.80. The number of nitrogens with one attached hydrogen (secondary N) is 1. The van der Waals surface area contributed by atoms with Crippen molar-refractivity contribution in [1.82, 2.24) is 10.3 Å². The van der Waals surface area contributed by atoms with Gasteiger partial charge in [-0.15, -0.1) is 0 Å². The van der Waals surface area contributed by atoms with Crippen LogP contribution in [0.3, 0.4) is 0 Å². The summed E-state index contributed by atoms with van der Waals surface area (Å²) < 4.78 is 48.1. The van der Waals surface area contributed by atoms with E-state index in [9.17, 15) is 75.7 Å². The molecule has 0 spiro atoms. The minimum Gasteiger partial charge on any atom is -0.477 e. The van der Waals surface area contributed by atoms with Crippen LogP contribution in [0.2, 0.25) is 0 Å². The number of ether oxygens (including phenoxy) is 8. The van der Waals surface area contributed by atoms with Crippen molar-refractivity contribution >= 4 is 28.7 Å². The summed E-state index contributed by atoms with van der Waals surface area (Å²) in [5.74, 6) is -8.20. The lowest BCUT2D eigenvalue weighted by molar-refractivity contribution is -0.362. The summed E-state index contributed by atoms with van der Waals surface area (Å²) in [6, 6.07) is 7.14. The van der Waals surface area contributed by atoms with E-state index in [1.807, 2.05) is 25.1 Å². The van der Waals surface area contributed by atoms with Gasteiger partial charge >= 0.3 is 11.9 Å². The molecular weight excluding hydrogens is 997 g/mol. The van der Waals surface area contributed by atoms with E-state index in [0.29, 0.717) is 31.2 Å². The first-order chi connectivity index (χ1) is 35.7. The quantitative estimate of drug-likeness (QED) is 0.0386. The molecule has 4 aliphatic rings. The van der Waals surface area contributed by atoms with Gasteiger partial charge in [0, 0.05) is 43.3 Å². The summed E-state index contributed by atoms with van der Waals surface area (Å²) in [6.07, 6.45) is -26.0. The first-order valence-electron chi connectivity index (χ1n) is 25.5. The molecule has 21 atom stereocenters. The number of aryl methyl sites for hydroxylation is 1. The third-order valence-corrected chi connectivity index (χ3v) is 14.8. The summed E-state index contributed by atoms with van der Waals surface area (Å²) in [5.41, 5.74) is 1.21. The van der Waals surface area contributed by atoms with Gasteiger partial charge < -0.3 is 104 Å². The molecule has 25 nitrogen and oxygen atoms in total. The van der Waals surface area contributed by atoms with Gasteiger partial charge in [-0.2, -0.15) is 0 Å². The molecule has 1 saturated carbocycles. The Kier molecular flexibility index (Phi) is 22.0. The van der Waals surface area contributed by atoms with Crippen molar-refractivity contribution in [1.29, 1.82) is 0 Å². The second-order valence-corrected chi connectivity index (χ2v) is 20.1. The number of carboxylic acids is 1. The summed E-state index contributed by atoms with van der Waals surface area (Å²) in [4.78, 5) is 43.7. The van der Waals surface area contributed by atoms with E-state index in [1.54, 1.807) is 6.07 Å². The van der Waals surface area contributed by atoms with Gasteiger partial charge in [0.2, 0.25) is 0 Å². The Balaban J connectivity index is 1.35. The molecule has 25 heteroatoms. The standard InChI is InChI=1S/C50H76N2O23/c1-23-12-11-13-26-15-16-28(51-34(23)26)46(65)52-35-44(73-48-41(64)40(63)36(59)25(3)70-48)43(32(22-55)72-47(35)69-17-10-8-6-5-7-9-14-33(58)68-4)71-31-18-27(20-53)37(60)45(39(31)62)75-50(49(66)67)19-29(56)24(2)42(74-50)38(61)30(57)21-54/h11-13,15-16,24-25,27,29-32,35-45,47-48,53-57,59-64H,5-10,14,17-22H2,1-4H3,(H,52,65)(H,66,67)/t24?,25?,27?,29?,30-,31?,32?,35?,36?,37?,38-,39?,40?,41?,42?,43?,44?,45?,47?,48?,50+/m1/s1. The monoisotopic (exact) mass is 1070 g/mol. The molecule has 1 aromatic heterocycles. The van der Waals surface area contributed by atoms with Gasteiger partial charge in [0.15, 0.2) is 12.6 Å². The molecule has 2 aromatic rings. The second-order valence-electron chi connectivity index (χ2n) is 20.1. The van der Waals surface area contributed by atoms with E-state index >= 15 is 0 Å². The zero-order chi connectivity index (χ0) is 54.9. The lowest BCUT2D eigenvalue weighted by Gasteiger charge is -2.52. The number of aliphatic hydroxyl groups excluding tert-OH is 11. The highest BCUT2D eigenvalue weighted by atomic mass is 16.7. The average molecular weight is 1070 g/mol. The van der Waals surface area contributed by atoms with Gasteiger partial charge in [-0.3, -0.25) is 9.59 Å². The molecule has 424 valence electrons. The number of methoxy groups -OCH3 is 1. The molecule has 75 heavy (non-hydrogen) atoms. The number of amides is 1. The lowest BCUT2D eigenvalue weighted by Crippen LogP contribution is -2.70. The number of aliphatic hydroxyl groups is 11. The maximum atomic E-state index is 14.5. The number of aliphatic carboxylic acids is 1. The Labute approximate surface area is 433 Å². The number of benzene rings is 1. The van der Waals surface area contributed by atoms with E-state index in [0.717, 1.165) is 30.2 Å². The summed E-state index contributed by atoms with van der Waals surface area (Å²) in [5, 5.41) is 134. The number of carbonyl (C=O) groups excluding carboxylic acids is 2. The van der Waals surface area contributed by atoms with E-state index in [2.05, 4.69) is 10.3 Å². The van der Waals surface area contributed by atoms with Gasteiger partial charge in [0.05, 0.1) is 56.4 Å². The van der Waals surface area contributed by atoms with Gasteiger partial charge in [-0.25, -0.2) is 9.78 Å². The van der Waals surface area contributed by atoms with Crippen LogP contribution in [-0.4, -0.2) is 234 Å². The number of esters is 1. The fourth-order valence-corrected chi connectivity index (χ4v) is 10.1. The van der Waals surface area contributed by atoms with Gasteiger partial charge in [0.1, 0.15) is 72.8 Å². The third kappa shape index (κ3) is 14.1. The van der Waals surface area contributed by atoms with Crippen molar-refractivity contribution < 1.29 is 114 Å². The van der Waals surface area contributed by atoms with E-state index in [1.165, 1.54) is 27.0 Å². The normalized spacial score (nSPS) is 37.2. The molecule has 1 amide bonds. The zero-order valence-corrected chi connectivity index (χ0v) is 42.4. The summed E-state index contributed by atoms with van der Waals surface area (Å²) >= 11 is 0. The van der Waals surface area contributed by atoms with Crippen molar-refractivity contribution in [3.05, 3.63) is 41.6 Å². The number of aromatic nitrogens is 1. The van der Waals surface area contributed by atoms with Crippen LogP contribution in [0, 0.1) is 18.8 Å². The molecule has 1 aromatic carbocycles. The number of para-hydroxylation sites is 1. The van der Waals surface area contributed by atoms with E-state index < -0.39 is 172 Å². The van der Waals surface area contributed by atoms with Crippen LogP contribution in [0.5, 0.6) is 0 Å². The Morgan fingerprint density at radius 1 is 0.813 bits per heavy atom. The number of hydrogen-bond acceptors (Lipinski definition) is 23. The number of unbranched alkanes of at least 4 members (excludes halogenated alkanes) is 5. The average Bonchev–Trinajstić information content (AvgIpc) is 3.39. The number of carbonyl (C=O) groups is 3. The fraction of sp³-hybridized carbons (Fsp3) is 0.760. The van der Waals surface area contributed by atoms with E-state index in [-0.39, 0.29) is 18.3 Å². The number of hydrogen-bond donors (Lipinski definition) is 13. The highest BCUT2D eigenvalue weighted by Crippen LogP contribution is 2.42. The molecular formula is C50H76N2O23. The second kappa shape index (κ2) is 27.3. The Hall–Kier alpha value is -3.68. The third-order valence-electron chi connectivity index (χ3n) is 14.8. The first-order valence-corrected chi connectivity index (χ1v) is 25.5. The molecule has 4 fully saturated rings. The summed E-state index contributed by atoms with van der Waals surface area (Å²) in [7, 11) is 1.33. The number of pyridine rings is 1. The van der Waals surface area contributed by atoms with Crippen LogP contribution >= 0.6 is 0 Å². The van der Waals surface area contributed by atoms with Crippen LogP contribution < -0.4 is 5.32 Å². The smallest absolute Gasteiger partial charge is 0.364 e. The minimum absolute atomic E-state index is 0.0294. The Morgan fingerprint density at radius 3 is 2.19 bits per heavy atom. The molecule has 6 rings (SSSR count). The molecule has 4 heterocycles. The Morgan fingerprint density at radius 2 is 1.52 bits per heavy atom.